The fourth-order valence-electron chi connectivity index (χ4n) is 4.12. The first-order valence-corrected chi connectivity index (χ1v) is 11.7. The Kier molecular flexibility index (Phi) is 8.56. The highest BCUT2D eigenvalue weighted by molar-refractivity contribution is 6.61. The first-order chi connectivity index (χ1) is 15.6. The van der Waals surface area contributed by atoms with Crippen molar-refractivity contribution in [3.63, 3.8) is 0 Å². The molecular formula is C24H36BN3O5. The molecule has 0 saturated carbocycles. The van der Waals surface area contributed by atoms with Gasteiger partial charge < -0.3 is 29.7 Å². The summed E-state index contributed by atoms with van der Waals surface area (Å²) in [5.74, 6) is 0. The Morgan fingerprint density at radius 3 is 2.64 bits per heavy atom. The number of fused-ring (bicyclic) bond motifs is 1. The zero-order valence-corrected chi connectivity index (χ0v) is 20.1. The van der Waals surface area contributed by atoms with Crippen LogP contribution in [0, 0.1) is 6.92 Å². The van der Waals surface area contributed by atoms with Gasteiger partial charge in [-0.15, -0.1) is 0 Å². The minimum absolute atomic E-state index is 0.245. The average molecular weight is 457 g/mol. The zero-order valence-electron chi connectivity index (χ0n) is 20.1. The van der Waals surface area contributed by atoms with Crippen LogP contribution >= 0.6 is 0 Å². The van der Waals surface area contributed by atoms with Gasteiger partial charge in [0.15, 0.2) is 0 Å². The van der Waals surface area contributed by atoms with E-state index in [1.54, 1.807) is 12.3 Å². The van der Waals surface area contributed by atoms with E-state index in [1.165, 1.54) is 0 Å². The largest absolute Gasteiger partial charge is 0.489 e. The van der Waals surface area contributed by atoms with Crippen LogP contribution in [-0.4, -0.2) is 66.2 Å². The number of carbonyl (C=O) groups excluding carboxylic acids is 1. The smallest absolute Gasteiger partial charge is 0.444 e. The van der Waals surface area contributed by atoms with Crippen LogP contribution in [0.2, 0.25) is 0 Å². The Hall–Kier alpha value is -2.36. The summed E-state index contributed by atoms with van der Waals surface area (Å²) in [5, 5.41) is 22.8. The fraction of sp³-hybridized carbons (Fsp3) is 0.583. The maximum atomic E-state index is 11.6. The van der Waals surface area contributed by atoms with E-state index < -0.39 is 12.7 Å². The molecule has 1 amide bonds. The van der Waals surface area contributed by atoms with E-state index in [4.69, 9.17) is 9.47 Å². The number of aromatic nitrogens is 1. The number of benzene rings is 1. The van der Waals surface area contributed by atoms with Crippen molar-refractivity contribution in [2.24, 2.45) is 0 Å². The van der Waals surface area contributed by atoms with Crippen LogP contribution in [0.15, 0.2) is 24.4 Å². The molecular weight excluding hydrogens is 421 g/mol. The van der Waals surface area contributed by atoms with Crippen molar-refractivity contribution in [1.82, 2.24) is 10.3 Å². The van der Waals surface area contributed by atoms with Gasteiger partial charge in [0.1, 0.15) is 5.60 Å². The van der Waals surface area contributed by atoms with E-state index in [2.05, 4.69) is 15.2 Å². The third-order valence-electron chi connectivity index (χ3n) is 5.75. The summed E-state index contributed by atoms with van der Waals surface area (Å²) in [6.45, 7) is 10.7. The molecule has 0 aliphatic carbocycles. The average Bonchev–Trinajstić information content (AvgIpc) is 2.74. The van der Waals surface area contributed by atoms with Crippen LogP contribution in [0.25, 0.3) is 10.9 Å². The molecule has 9 heteroatoms. The number of aryl methyl sites for hydroxylation is 1. The molecule has 1 aliphatic heterocycles. The summed E-state index contributed by atoms with van der Waals surface area (Å²) in [5.41, 5.74) is 2.98. The van der Waals surface area contributed by atoms with Crippen LogP contribution in [-0.2, 0) is 9.47 Å². The minimum Gasteiger partial charge on any atom is -0.444 e. The topological polar surface area (TPSA) is 104 Å². The minimum atomic E-state index is -1.51. The van der Waals surface area contributed by atoms with E-state index in [1.807, 2.05) is 39.8 Å². The highest BCUT2D eigenvalue weighted by Gasteiger charge is 2.23. The quantitative estimate of drug-likeness (QED) is 0.413. The van der Waals surface area contributed by atoms with Gasteiger partial charge in [-0.25, -0.2) is 4.79 Å². The lowest BCUT2D eigenvalue weighted by Crippen LogP contribution is -2.37. The maximum Gasteiger partial charge on any atom is 0.489 e. The number of alkyl carbamates (subject to hydrolysis) is 1. The number of nitrogens with one attached hydrogen (secondary N) is 1. The second kappa shape index (κ2) is 11.2. The van der Waals surface area contributed by atoms with Crippen molar-refractivity contribution in [2.45, 2.75) is 65.1 Å². The van der Waals surface area contributed by atoms with Gasteiger partial charge in [0, 0.05) is 43.5 Å². The number of nitrogens with zero attached hydrogens (tertiary/aromatic N) is 2. The summed E-state index contributed by atoms with van der Waals surface area (Å²) in [6.07, 6.45) is 5.14. The Labute approximate surface area is 196 Å². The van der Waals surface area contributed by atoms with Crippen molar-refractivity contribution < 1.29 is 24.3 Å². The zero-order chi connectivity index (χ0) is 24.0. The standard InChI is InChI=1S/C24H36BN3O5/c1-17-15-19-20(25(30)31)7-11-26-21(19)16-22(17)28-12-8-18(9-13-28)32-14-6-5-10-27-23(29)33-24(2,3)4/h7,11,15-16,18,30-31H,5-6,8-10,12-14H2,1-4H3,(H,27,29). The summed E-state index contributed by atoms with van der Waals surface area (Å²) < 4.78 is 11.3. The molecule has 0 atom stereocenters. The molecule has 0 radical (unpaired) electrons. The summed E-state index contributed by atoms with van der Waals surface area (Å²) in [7, 11) is -1.51. The molecule has 1 fully saturated rings. The normalized spacial score (nSPS) is 15.0. The Morgan fingerprint density at radius 1 is 1.24 bits per heavy atom. The molecule has 0 unspecified atom stereocenters. The number of hydrogen-bond acceptors (Lipinski definition) is 7. The number of carbonyl (C=O) groups is 1. The molecule has 3 rings (SSSR count). The lowest BCUT2D eigenvalue weighted by Gasteiger charge is -2.34. The predicted octanol–water partition coefficient (Wildman–Crippen LogP) is 2.51. The molecule has 1 aromatic carbocycles. The monoisotopic (exact) mass is 457 g/mol. The van der Waals surface area contributed by atoms with Crippen LogP contribution in [0.4, 0.5) is 10.5 Å². The lowest BCUT2D eigenvalue weighted by molar-refractivity contribution is 0.0342. The third kappa shape index (κ3) is 7.32. The molecule has 33 heavy (non-hydrogen) atoms. The van der Waals surface area contributed by atoms with E-state index in [0.717, 1.165) is 60.9 Å². The summed E-state index contributed by atoms with van der Waals surface area (Å²) >= 11 is 0. The summed E-state index contributed by atoms with van der Waals surface area (Å²) in [4.78, 5) is 18.4. The molecule has 2 heterocycles. The van der Waals surface area contributed by atoms with Crippen LogP contribution < -0.4 is 15.7 Å². The van der Waals surface area contributed by atoms with Gasteiger partial charge >= 0.3 is 13.2 Å². The maximum absolute atomic E-state index is 11.6. The highest BCUT2D eigenvalue weighted by atomic mass is 16.6. The van der Waals surface area contributed by atoms with Gasteiger partial charge in [0.05, 0.1) is 11.6 Å². The number of anilines is 1. The van der Waals surface area contributed by atoms with Gasteiger partial charge in [-0.1, -0.05) is 0 Å². The molecule has 0 spiro atoms. The molecule has 1 saturated heterocycles. The van der Waals surface area contributed by atoms with Crippen molar-refractivity contribution in [3.8, 4) is 0 Å². The molecule has 3 N–H and O–H groups in total. The van der Waals surface area contributed by atoms with Crippen LogP contribution in [0.5, 0.6) is 0 Å². The van der Waals surface area contributed by atoms with Crippen molar-refractivity contribution >= 4 is 35.3 Å². The van der Waals surface area contributed by atoms with Gasteiger partial charge in [-0.3, -0.25) is 4.98 Å². The van der Waals surface area contributed by atoms with Gasteiger partial charge in [-0.2, -0.15) is 0 Å². The van der Waals surface area contributed by atoms with E-state index in [0.29, 0.717) is 18.6 Å². The number of amides is 1. The van der Waals surface area contributed by atoms with E-state index in [9.17, 15) is 14.8 Å². The van der Waals surface area contributed by atoms with Gasteiger partial charge in [-0.05, 0) is 82.6 Å². The number of piperidine rings is 1. The highest BCUT2D eigenvalue weighted by Crippen LogP contribution is 2.28. The molecule has 180 valence electrons. The molecule has 8 nitrogen and oxygen atoms in total. The van der Waals surface area contributed by atoms with Gasteiger partial charge in [0.2, 0.25) is 0 Å². The number of pyridine rings is 1. The summed E-state index contributed by atoms with van der Waals surface area (Å²) in [6, 6.07) is 5.66. The second-order valence-electron chi connectivity index (χ2n) is 9.62. The first-order valence-electron chi connectivity index (χ1n) is 11.7. The Balaban J connectivity index is 1.42. The van der Waals surface area contributed by atoms with E-state index in [-0.39, 0.29) is 12.2 Å². The lowest BCUT2D eigenvalue weighted by atomic mass is 9.78. The SMILES string of the molecule is Cc1cc2c(B(O)O)ccnc2cc1N1CCC(OCCCCNC(=O)OC(C)(C)C)CC1. The van der Waals surface area contributed by atoms with Crippen molar-refractivity contribution in [1.29, 1.82) is 0 Å². The first kappa shape index (κ1) is 25.3. The molecule has 1 aliphatic rings. The van der Waals surface area contributed by atoms with Crippen LogP contribution in [0.1, 0.15) is 52.0 Å². The van der Waals surface area contributed by atoms with E-state index >= 15 is 0 Å². The molecule has 1 aromatic heterocycles. The number of unbranched alkanes of at least 4 members (excludes halogenated alkanes) is 1. The Morgan fingerprint density at radius 2 is 1.97 bits per heavy atom. The van der Waals surface area contributed by atoms with Crippen LogP contribution in [0.3, 0.4) is 0 Å². The Bertz CT molecular complexity index is 940. The number of rotatable bonds is 8. The molecule has 0 bridgehead atoms. The second-order valence-corrected chi connectivity index (χ2v) is 9.62. The molecule has 2 aromatic rings. The van der Waals surface area contributed by atoms with Gasteiger partial charge in [0.25, 0.3) is 0 Å². The van der Waals surface area contributed by atoms with Crippen molar-refractivity contribution in [2.75, 3.05) is 31.1 Å². The predicted molar refractivity (Wildman–Crippen MR) is 131 cm³/mol. The van der Waals surface area contributed by atoms with Crippen molar-refractivity contribution in [3.05, 3.63) is 30.0 Å². The third-order valence-corrected chi connectivity index (χ3v) is 5.75. The number of hydrogen-bond donors (Lipinski definition) is 3. The fourth-order valence-corrected chi connectivity index (χ4v) is 4.12. The number of ether oxygens (including phenoxy) is 2.